The van der Waals surface area contributed by atoms with Gasteiger partial charge in [0.15, 0.2) is 0 Å². The fraction of sp³-hybridized carbons (Fsp3) is 0.958. The van der Waals surface area contributed by atoms with Gasteiger partial charge in [0, 0.05) is 18.3 Å². The molecule has 6 saturated carbocycles. The highest BCUT2D eigenvalue weighted by Gasteiger charge is 2.81. The highest BCUT2D eigenvalue weighted by molar-refractivity contribution is 5.81. The topological polar surface area (TPSA) is 57.5 Å². The summed E-state index contributed by atoms with van der Waals surface area (Å²) >= 11 is 0. The third-order valence-corrected chi connectivity index (χ3v) is 11.3. The summed E-state index contributed by atoms with van der Waals surface area (Å²) in [5.74, 6) is 4.34. The summed E-state index contributed by atoms with van der Waals surface area (Å²) in [6, 6.07) is 0. The summed E-state index contributed by atoms with van der Waals surface area (Å²) in [4.78, 5) is 12.2. The second-order valence-corrected chi connectivity index (χ2v) is 11.9. The lowest BCUT2D eigenvalue weighted by Crippen LogP contribution is -2.65. The van der Waals surface area contributed by atoms with Crippen LogP contribution < -0.4 is 0 Å². The molecule has 0 spiro atoms. The fourth-order valence-corrected chi connectivity index (χ4v) is 9.95. The number of ketones is 1. The van der Waals surface area contributed by atoms with Crippen molar-refractivity contribution >= 4 is 5.78 Å². The Hall–Kier alpha value is -0.410. The molecule has 0 heterocycles. The summed E-state index contributed by atoms with van der Waals surface area (Å²) in [5, 5.41) is 23.6. The number of carbonyl (C=O) groups is 1. The largest absolute Gasteiger partial charge is 0.389 e. The van der Waals surface area contributed by atoms with E-state index in [1.807, 2.05) is 0 Å². The Labute approximate surface area is 163 Å². The molecule has 0 aliphatic heterocycles. The van der Waals surface area contributed by atoms with Crippen molar-refractivity contribution in [1.82, 2.24) is 0 Å². The summed E-state index contributed by atoms with van der Waals surface area (Å²) in [5.41, 5.74) is -1.23. The zero-order chi connectivity index (χ0) is 19.0. The molecule has 3 nitrogen and oxygen atoms in total. The molecule has 2 N–H and O–H groups in total. The van der Waals surface area contributed by atoms with E-state index in [1.165, 1.54) is 6.42 Å². The summed E-state index contributed by atoms with van der Waals surface area (Å²) in [6.45, 7) is 6.96. The van der Waals surface area contributed by atoms with Crippen LogP contribution in [0, 0.1) is 52.3 Å². The molecular formula is C24H36O3. The Balaban J connectivity index is 1.42. The van der Waals surface area contributed by atoms with E-state index >= 15 is 0 Å². The van der Waals surface area contributed by atoms with Crippen molar-refractivity contribution in [3.05, 3.63) is 0 Å². The predicted molar refractivity (Wildman–Crippen MR) is 103 cm³/mol. The monoisotopic (exact) mass is 372 g/mol. The molecule has 0 bridgehead atoms. The van der Waals surface area contributed by atoms with E-state index in [2.05, 4.69) is 20.8 Å². The van der Waals surface area contributed by atoms with Crippen LogP contribution in [0.1, 0.15) is 78.6 Å². The molecule has 0 radical (unpaired) electrons. The van der Waals surface area contributed by atoms with Gasteiger partial charge in [0.2, 0.25) is 0 Å². The Morgan fingerprint density at radius 1 is 1.00 bits per heavy atom. The molecular weight excluding hydrogens is 336 g/mol. The van der Waals surface area contributed by atoms with E-state index in [4.69, 9.17) is 0 Å². The van der Waals surface area contributed by atoms with Gasteiger partial charge in [0.25, 0.3) is 0 Å². The summed E-state index contributed by atoms with van der Waals surface area (Å²) in [6.07, 6.45) is 8.58. The average Bonchev–Trinajstić information content (AvgIpc) is 3.49. The third-order valence-electron chi connectivity index (χ3n) is 11.3. The molecule has 0 amide bonds. The maximum absolute atomic E-state index is 12.2. The smallest absolute Gasteiger partial charge is 0.135 e. The number of fused-ring (bicyclic) bond motifs is 10. The second kappa shape index (κ2) is 4.83. The molecule has 5 unspecified atom stereocenters. The number of rotatable bonds is 2. The van der Waals surface area contributed by atoms with Gasteiger partial charge in [0.05, 0.1) is 11.2 Å². The molecule has 6 aliphatic rings. The Kier molecular flexibility index (Phi) is 3.12. The van der Waals surface area contributed by atoms with Gasteiger partial charge in [0.1, 0.15) is 5.78 Å². The van der Waals surface area contributed by atoms with Gasteiger partial charge >= 0.3 is 0 Å². The fourth-order valence-electron chi connectivity index (χ4n) is 9.95. The zero-order valence-electron chi connectivity index (χ0n) is 17.2. The van der Waals surface area contributed by atoms with E-state index < -0.39 is 11.2 Å². The number of aliphatic hydroxyl groups is 2. The van der Waals surface area contributed by atoms with E-state index in [0.717, 1.165) is 44.4 Å². The Morgan fingerprint density at radius 3 is 2.48 bits per heavy atom. The minimum atomic E-state index is -0.747. The minimum absolute atomic E-state index is 0.0706. The molecule has 6 aliphatic carbocycles. The molecule has 27 heavy (non-hydrogen) atoms. The van der Waals surface area contributed by atoms with Gasteiger partial charge in [-0.15, -0.1) is 0 Å². The minimum Gasteiger partial charge on any atom is -0.389 e. The van der Waals surface area contributed by atoms with Crippen LogP contribution in [0.25, 0.3) is 0 Å². The number of hydrogen-bond acceptors (Lipinski definition) is 3. The lowest BCUT2D eigenvalue weighted by Gasteiger charge is -2.64. The Morgan fingerprint density at radius 2 is 1.74 bits per heavy atom. The van der Waals surface area contributed by atoms with Crippen LogP contribution in [0.5, 0.6) is 0 Å². The van der Waals surface area contributed by atoms with Crippen molar-refractivity contribution < 1.29 is 15.0 Å². The van der Waals surface area contributed by atoms with Crippen LogP contribution in [0.15, 0.2) is 0 Å². The van der Waals surface area contributed by atoms with Crippen LogP contribution in [0.4, 0.5) is 0 Å². The van der Waals surface area contributed by atoms with Gasteiger partial charge in [-0.1, -0.05) is 27.2 Å². The van der Waals surface area contributed by atoms with Gasteiger partial charge in [-0.05, 0) is 85.4 Å². The molecule has 6 rings (SSSR count). The molecule has 3 heteroatoms. The van der Waals surface area contributed by atoms with E-state index in [0.29, 0.717) is 48.3 Å². The van der Waals surface area contributed by atoms with Crippen LogP contribution >= 0.6 is 0 Å². The Bertz CT molecular complexity index is 718. The number of Topliss-reactive ketones (excluding diaryl/α,β-unsaturated/α-hetero) is 1. The van der Waals surface area contributed by atoms with Crippen molar-refractivity contribution in [3.8, 4) is 0 Å². The third kappa shape index (κ3) is 1.74. The number of carbonyl (C=O) groups excluding carboxylic acids is 1. The maximum atomic E-state index is 12.2. The van der Waals surface area contributed by atoms with Gasteiger partial charge in [-0.3, -0.25) is 4.79 Å². The first-order valence-corrected chi connectivity index (χ1v) is 11.7. The van der Waals surface area contributed by atoms with Gasteiger partial charge in [-0.2, -0.15) is 0 Å². The first kappa shape index (κ1) is 17.4. The van der Waals surface area contributed by atoms with E-state index in [9.17, 15) is 15.0 Å². The van der Waals surface area contributed by atoms with Crippen LogP contribution in [-0.2, 0) is 4.79 Å². The highest BCUT2D eigenvalue weighted by Crippen LogP contribution is 2.81. The van der Waals surface area contributed by atoms with Crippen LogP contribution in [0.2, 0.25) is 0 Å². The lowest BCUT2D eigenvalue weighted by atomic mass is 9.42. The molecule has 0 aromatic rings. The molecule has 150 valence electrons. The highest BCUT2D eigenvalue weighted by atomic mass is 16.3. The van der Waals surface area contributed by atoms with Gasteiger partial charge in [-0.25, -0.2) is 0 Å². The molecule has 11 atom stereocenters. The van der Waals surface area contributed by atoms with Crippen LogP contribution in [0.3, 0.4) is 0 Å². The first-order valence-electron chi connectivity index (χ1n) is 11.7. The van der Waals surface area contributed by atoms with Crippen molar-refractivity contribution in [2.75, 3.05) is 0 Å². The van der Waals surface area contributed by atoms with Crippen molar-refractivity contribution in [3.63, 3.8) is 0 Å². The average molecular weight is 373 g/mol. The summed E-state index contributed by atoms with van der Waals surface area (Å²) in [7, 11) is 0. The van der Waals surface area contributed by atoms with Crippen molar-refractivity contribution in [2.45, 2.75) is 89.8 Å². The molecule has 6 fully saturated rings. The number of hydrogen-bond donors (Lipinski definition) is 2. The van der Waals surface area contributed by atoms with Crippen LogP contribution in [-0.4, -0.2) is 27.2 Å². The first-order chi connectivity index (χ1) is 12.7. The normalized spacial score (nSPS) is 65.5. The molecule has 0 saturated heterocycles. The SMILES string of the molecule is CCC[C@]1(O)C2C[C@H]2C2C3C4C[C@H]4[C@]4(O)CC(=O)CC[C@]4(C)C3CC[C@@]21C. The lowest BCUT2D eigenvalue weighted by molar-refractivity contribution is -0.223. The summed E-state index contributed by atoms with van der Waals surface area (Å²) < 4.78 is 0. The van der Waals surface area contributed by atoms with Crippen molar-refractivity contribution in [2.24, 2.45) is 52.3 Å². The molecule has 0 aromatic heterocycles. The standard InChI is InChI=1S/C24H36O3/c1-4-7-23(26)18-11-15(18)20-19-14-10-17(14)24(27)12-13(25)5-8-21(24,2)16(19)6-9-22(20,23)3/h14-20,26-27H,4-12H2,1-3H3/t14?,15-,16?,17-,18?,19?,20?,21-,22+,23+,24-/m1/s1. The second-order valence-electron chi connectivity index (χ2n) is 11.9. The van der Waals surface area contributed by atoms with E-state index in [-0.39, 0.29) is 16.6 Å². The van der Waals surface area contributed by atoms with E-state index in [1.54, 1.807) is 0 Å². The molecule has 0 aromatic carbocycles. The predicted octanol–water partition coefficient (Wildman–Crippen LogP) is 3.96. The van der Waals surface area contributed by atoms with Gasteiger partial charge < -0.3 is 10.2 Å². The quantitative estimate of drug-likeness (QED) is 0.771. The maximum Gasteiger partial charge on any atom is 0.135 e. The van der Waals surface area contributed by atoms with Crippen molar-refractivity contribution in [1.29, 1.82) is 0 Å². The zero-order valence-corrected chi connectivity index (χ0v) is 17.2.